The fraction of sp³-hybridized carbons (Fsp3) is 0.333. The Kier molecular flexibility index (Phi) is 3.90. The summed E-state index contributed by atoms with van der Waals surface area (Å²) in [7, 11) is 1.25. The van der Waals surface area contributed by atoms with Gasteiger partial charge in [0.2, 0.25) is 0 Å². The van der Waals surface area contributed by atoms with E-state index in [1.807, 2.05) is 19.9 Å². The predicted octanol–water partition coefficient (Wildman–Crippen LogP) is 2.39. The van der Waals surface area contributed by atoms with Gasteiger partial charge in [-0.2, -0.15) is 5.26 Å². The first kappa shape index (κ1) is 12.1. The number of ether oxygens (including phenoxy) is 1. The standard InChI is InChI=1S/C12H13NO3/c1-8(2)11(10-5-4-6-16-10)9(7-13)12(14)15-3/h4-6,8H,1-3H3/b11-9+. The molecule has 1 rings (SSSR count). The number of carbonyl (C=O) groups excluding carboxylic acids is 1. The smallest absolute Gasteiger partial charge is 0.349 e. The first-order valence-corrected chi connectivity index (χ1v) is 4.88. The maximum Gasteiger partial charge on any atom is 0.349 e. The van der Waals surface area contributed by atoms with Crippen molar-refractivity contribution in [1.82, 2.24) is 0 Å². The van der Waals surface area contributed by atoms with Crippen molar-refractivity contribution in [3.8, 4) is 6.07 Å². The Morgan fingerprint density at radius 1 is 1.56 bits per heavy atom. The Labute approximate surface area is 94.1 Å². The van der Waals surface area contributed by atoms with Crippen LogP contribution in [-0.4, -0.2) is 13.1 Å². The van der Waals surface area contributed by atoms with Crippen molar-refractivity contribution in [2.45, 2.75) is 13.8 Å². The van der Waals surface area contributed by atoms with Gasteiger partial charge in [0.1, 0.15) is 17.4 Å². The Morgan fingerprint density at radius 2 is 2.25 bits per heavy atom. The quantitative estimate of drug-likeness (QED) is 0.445. The van der Waals surface area contributed by atoms with Crippen LogP contribution >= 0.6 is 0 Å². The predicted molar refractivity (Wildman–Crippen MR) is 58.1 cm³/mol. The van der Waals surface area contributed by atoms with E-state index in [1.54, 1.807) is 12.1 Å². The minimum atomic E-state index is -0.636. The van der Waals surface area contributed by atoms with Crippen LogP contribution in [0.15, 0.2) is 28.4 Å². The van der Waals surface area contributed by atoms with E-state index >= 15 is 0 Å². The van der Waals surface area contributed by atoms with E-state index in [1.165, 1.54) is 13.4 Å². The van der Waals surface area contributed by atoms with Crippen LogP contribution in [0.25, 0.3) is 5.57 Å². The van der Waals surface area contributed by atoms with E-state index < -0.39 is 5.97 Å². The summed E-state index contributed by atoms with van der Waals surface area (Å²) in [5.74, 6) is -0.112. The number of carbonyl (C=O) groups is 1. The Morgan fingerprint density at radius 3 is 2.62 bits per heavy atom. The van der Waals surface area contributed by atoms with Crippen LogP contribution < -0.4 is 0 Å². The van der Waals surface area contributed by atoms with Gasteiger partial charge < -0.3 is 9.15 Å². The minimum Gasteiger partial charge on any atom is -0.465 e. The van der Waals surface area contributed by atoms with Gasteiger partial charge in [0.15, 0.2) is 0 Å². The van der Waals surface area contributed by atoms with Crippen molar-refractivity contribution in [3.63, 3.8) is 0 Å². The van der Waals surface area contributed by atoms with E-state index in [0.29, 0.717) is 11.3 Å². The van der Waals surface area contributed by atoms with Crippen LogP contribution in [0.2, 0.25) is 0 Å². The monoisotopic (exact) mass is 219 g/mol. The lowest BCUT2D eigenvalue weighted by atomic mass is 9.95. The van der Waals surface area contributed by atoms with Gasteiger partial charge in [0.05, 0.1) is 13.4 Å². The van der Waals surface area contributed by atoms with Gasteiger partial charge in [-0.05, 0) is 18.1 Å². The van der Waals surface area contributed by atoms with Crippen LogP contribution in [0.4, 0.5) is 0 Å². The molecule has 84 valence electrons. The number of nitriles is 1. The molecule has 0 aromatic carbocycles. The molecule has 0 radical (unpaired) electrons. The van der Waals surface area contributed by atoms with Gasteiger partial charge in [0, 0.05) is 5.57 Å². The lowest BCUT2D eigenvalue weighted by molar-refractivity contribution is -0.135. The number of hydrogen-bond donors (Lipinski definition) is 0. The van der Waals surface area contributed by atoms with Gasteiger partial charge in [0.25, 0.3) is 0 Å². The topological polar surface area (TPSA) is 63.2 Å². The van der Waals surface area contributed by atoms with Crippen LogP contribution in [-0.2, 0) is 9.53 Å². The summed E-state index contributed by atoms with van der Waals surface area (Å²) in [6.45, 7) is 3.77. The highest BCUT2D eigenvalue weighted by Gasteiger charge is 2.21. The average molecular weight is 219 g/mol. The van der Waals surface area contributed by atoms with Crippen LogP contribution in [0.5, 0.6) is 0 Å². The molecule has 0 aliphatic rings. The molecule has 1 aromatic heterocycles. The summed E-state index contributed by atoms with van der Waals surface area (Å²) in [5, 5.41) is 9.00. The lowest BCUT2D eigenvalue weighted by Crippen LogP contribution is -2.08. The molecule has 0 atom stereocenters. The highest BCUT2D eigenvalue weighted by molar-refractivity contribution is 6.01. The molecular weight excluding hydrogens is 206 g/mol. The third-order valence-electron chi connectivity index (χ3n) is 2.13. The molecule has 0 aliphatic heterocycles. The number of nitrogens with zero attached hydrogens (tertiary/aromatic N) is 1. The van der Waals surface area contributed by atoms with Crippen LogP contribution in [0.3, 0.4) is 0 Å². The molecule has 0 spiro atoms. The van der Waals surface area contributed by atoms with Crippen LogP contribution in [0, 0.1) is 17.2 Å². The van der Waals surface area contributed by atoms with Crippen molar-refractivity contribution in [3.05, 3.63) is 29.7 Å². The molecule has 1 aromatic rings. The zero-order valence-electron chi connectivity index (χ0n) is 9.48. The molecule has 1 heterocycles. The van der Waals surface area contributed by atoms with Crippen LogP contribution in [0.1, 0.15) is 19.6 Å². The van der Waals surface area contributed by atoms with E-state index in [0.717, 1.165) is 0 Å². The average Bonchev–Trinajstić information content (AvgIpc) is 2.77. The summed E-state index contributed by atoms with van der Waals surface area (Å²) >= 11 is 0. The lowest BCUT2D eigenvalue weighted by Gasteiger charge is -2.10. The summed E-state index contributed by atoms with van der Waals surface area (Å²) in [6, 6.07) is 5.30. The summed E-state index contributed by atoms with van der Waals surface area (Å²) in [6.07, 6.45) is 1.50. The number of furan rings is 1. The molecule has 0 amide bonds. The van der Waals surface area contributed by atoms with Crippen molar-refractivity contribution < 1.29 is 13.9 Å². The summed E-state index contributed by atoms with van der Waals surface area (Å²) in [4.78, 5) is 11.4. The number of hydrogen-bond acceptors (Lipinski definition) is 4. The fourth-order valence-corrected chi connectivity index (χ4v) is 1.45. The third kappa shape index (κ3) is 2.31. The highest BCUT2D eigenvalue weighted by atomic mass is 16.5. The van der Waals surface area contributed by atoms with Crippen molar-refractivity contribution >= 4 is 11.5 Å². The zero-order valence-corrected chi connectivity index (χ0v) is 9.48. The second-order valence-corrected chi connectivity index (χ2v) is 3.52. The maximum atomic E-state index is 11.4. The van der Waals surface area contributed by atoms with Gasteiger partial charge >= 0.3 is 5.97 Å². The molecule has 0 saturated carbocycles. The normalized spacial score (nSPS) is 11.9. The SMILES string of the molecule is COC(=O)/C(C#N)=C(/c1ccco1)C(C)C. The molecule has 4 heteroatoms. The number of rotatable bonds is 3. The highest BCUT2D eigenvalue weighted by Crippen LogP contribution is 2.27. The molecule has 0 unspecified atom stereocenters. The fourth-order valence-electron chi connectivity index (χ4n) is 1.45. The Hall–Kier alpha value is -2.02. The summed E-state index contributed by atoms with van der Waals surface area (Å²) in [5.41, 5.74) is 0.562. The molecule has 0 fully saturated rings. The largest absolute Gasteiger partial charge is 0.465 e. The van der Waals surface area contributed by atoms with Crippen molar-refractivity contribution in [1.29, 1.82) is 5.26 Å². The van der Waals surface area contributed by atoms with Crippen molar-refractivity contribution in [2.75, 3.05) is 7.11 Å². The molecule has 16 heavy (non-hydrogen) atoms. The summed E-state index contributed by atoms with van der Waals surface area (Å²) < 4.78 is 9.79. The molecule has 0 bridgehead atoms. The van der Waals surface area contributed by atoms with Gasteiger partial charge in [-0.1, -0.05) is 13.8 Å². The number of methoxy groups -OCH3 is 1. The third-order valence-corrected chi connectivity index (χ3v) is 2.13. The number of allylic oxidation sites excluding steroid dienone is 1. The molecule has 0 saturated heterocycles. The maximum absolute atomic E-state index is 11.4. The number of esters is 1. The molecule has 4 nitrogen and oxygen atoms in total. The molecule has 0 N–H and O–H groups in total. The second kappa shape index (κ2) is 5.17. The van der Waals surface area contributed by atoms with Gasteiger partial charge in [-0.15, -0.1) is 0 Å². The van der Waals surface area contributed by atoms with E-state index in [-0.39, 0.29) is 11.5 Å². The molecule has 0 aliphatic carbocycles. The Balaban J connectivity index is 3.34. The van der Waals surface area contributed by atoms with E-state index in [9.17, 15) is 4.79 Å². The van der Waals surface area contributed by atoms with Crippen molar-refractivity contribution in [2.24, 2.45) is 5.92 Å². The second-order valence-electron chi connectivity index (χ2n) is 3.52. The van der Waals surface area contributed by atoms with E-state index in [4.69, 9.17) is 9.68 Å². The zero-order chi connectivity index (χ0) is 12.1. The van der Waals surface area contributed by atoms with Gasteiger partial charge in [-0.3, -0.25) is 0 Å². The van der Waals surface area contributed by atoms with Gasteiger partial charge in [-0.25, -0.2) is 4.79 Å². The molecular formula is C12H13NO3. The first-order valence-electron chi connectivity index (χ1n) is 4.88. The first-order chi connectivity index (χ1) is 7.61. The Bertz CT molecular complexity index is 435. The minimum absolute atomic E-state index is 0.0000926. The van der Waals surface area contributed by atoms with E-state index in [2.05, 4.69) is 4.74 Å².